The first-order chi connectivity index (χ1) is 21.4. The first-order valence-corrected chi connectivity index (χ1v) is 15.1. The average Bonchev–Trinajstić information content (AvgIpc) is 3.04. The van der Waals surface area contributed by atoms with E-state index < -0.39 is 0 Å². The van der Waals surface area contributed by atoms with Crippen LogP contribution in [0, 0.1) is 0 Å². The van der Waals surface area contributed by atoms with Crippen molar-refractivity contribution < 1.29 is 29.4 Å². The second-order valence-electron chi connectivity index (χ2n) is 10.4. The van der Waals surface area contributed by atoms with Crippen molar-refractivity contribution in [3.05, 3.63) is 95.1 Å². The van der Waals surface area contributed by atoms with E-state index in [4.69, 9.17) is 10.2 Å². The van der Waals surface area contributed by atoms with E-state index in [0.717, 1.165) is 51.4 Å². The van der Waals surface area contributed by atoms with Gasteiger partial charge in [-0.1, -0.05) is 25.7 Å². The summed E-state index contributed by atoms with van der Waals surface area (Å²) in [4.78, 5) is 50.1. The largest absolute Gasteiger partial charge is 0.396 e. The Balaban J connectivity index is 1.43. The number of benzene rings is 3. The van der Waals surface area contributed by atoms with Crippen molar-refractivity contribution >= 4 is 35.0 Å². The van der Waals surface area contributed by atoms with Gasteiger partial charge in [0.25, 0.3) is 23.6 Å². The Labute approximate surface area is 258 Å². The highest BCUT2D eigenvalue weighted by molar-refractivity contribution is 6.07. The zero-order valence-corrected chi connectivity index (χ0v) is 24.9. The first-order valence-electron chi connectivity index (χ1n) is 15.1. The summed E-state index contributed by atoms with van der Waals surface area (Å²) in [5, 5.41) is 28.9. The van der Waals surface area contributed by atoms with Gasteiger partial charge in [-0.3, -0.25) is 19.2 Å². The van der Waals surface area contributed by atoms with Crippen molar-refractivity contribution in [2.45, 2.75) is 51.4 Å². The van der Waals surface area contributed by atoms with Gasteiger partial charge in [-0.05, 0) is 98.5 Å². The number of nitrogens with one attached hydrogen (secondary N) is 4. The molecule has 3 aromatic carbocycles. The van der Waals surface area contributed by atoms with Crippen molar-refractivity contribution in [3.63, 3.8) is 0 Å². The number of anilines is 2. The highest BCUT2D eigenvalue weighted by Gasteiger charge is 2.12. The first kappa shape index (κ1) is 34.0. The minimum absolute atomic E-state index is 0.183. The van der Waals surface area contributed by atoms with Gasteiger partial charge < -0.3 is 31.5 Å². The molecule has 0 fully saturated rings. The van der Waals surface area contributed by atoms with Gasteiger partial charge in [0, 0.05) is 59.9 Å². The van der Waals surface area contributed by atoms with Crippen molar-refractivity contribution in [2.75, 3.05) is 36.9 Å². The van der Waals surface area contributed by atoms with Crippen LogP contribution in [-0.2, 0) is 0 Å². The maximum atomic E-state index is 12.7. The lowest BCUT2D eigenvalue weighted by atomic mass is 10.1. The van der Waals surface area contributed by atoms with E-state index in [2.05, 4.69) is 21.3 Å². The molecule has 0 aromatic heterocycles. The van der Waals surface area contributed by atoms with Crippen LogP contribution in [0.3, 0.4) is 0 Å². The lowest BCUT2D eigenvalue weighted by molar-refractivity contribution is 0.0944. The fraction of sp³-hybridized carbons (Fsp3) is 0.353. The quantitative estimate of drug-likeness (QED) is 0.115. The lowest BCUT2D eigenvalue weighted by Gasteiger charge is -2.09. The third-order valence-corrected chi connectivity index (χ3v) is 6.96. The molecule has 10 nitrogen and oxygen atoms in total. The molecule has 0 aliphatic carbocycles. The van der Waals surface area contributed by atoms with E-state index in [0.29, 0.717) is 46.7 Å². The number of amides is 4. The van der Waals surface area contributed by atoms with Gasteiger partial charge >= 0.3 is 0 Å². The summed E-state index contributed by atoms with van der Waals surface area (Å²) in [5.41, 5.74) is 2.79. The van der Waals surface area contributed by atoms with E-state index in [1.165, 1.54) is 0 Å². The molecular formula is C34H42N4O6. The third kappa shape index (κ3) is 11.6. The molecule has 0 saturated heterocycles. The molecule has 3 aromatic rings. The van der Waals surface area contributed by atoms with Gasteiger partial charge in [-0.25, -0.2) is 0 Å². The van der Waals surface area contributed by atoms with Gasteiger partial charge in [0.05, 0.1) is 0 Å². The van der Waals surface area contributed by atoms with Gasteiger partial charge in [0.1, 0.15) is 0 Å². The number of aliphatic hydroxyl groups is 2. The molecule has 0 saturated carbocycles. The van der Waals surface area contributed by atoms with E-state index in [9.17, 15) is 19.2 Å². The SMILES string of the molecule is O=C(NCCCCCCO)c1ccc(NC(=O)c2ccc(C(=O)Nc3ccc(C(=O)NCCCCCCO)cc3)cc2)cc1. The fourth-order valence-corrected chi connectivity index (χ4v) is 4.38. The Morgan fingerprint density at radius 3 is 1.05 bits per heavy atom. The van der Waals surface area contributed by atoms with Crippen LogP contribution in [0.4, 0.5) is 11.4 Å². The predicted octanol–water partition coefficient (Wildman–Crippen LogP) is 4.76. The molecule has 0 aliphatic heterocycles. The number of carbonyl (C=O) groups excluding carboxylic acids is 4. The average molecular weight is 603 g/mol. The van der Waals surface area contributed by atoms with Crippen LogP contribution in [0.15, 0.2) is 72.8 Å². The molecule has 4 amide bonds. The van der Waals surface area contributed by atoms with Crippen LogP contribution >= 0.6 is 0 Å². The molecule has 0 bridgehead atoms. The normalized spacial score (nSPS) is 10.6. The summed E-state index contributed by atoms with van der Waals surface area (Å²) in [7, 11) is 0. The molecule has 3 rings (SSSR count). The van der Waals surface area contributed by atoms with E-state index in [1.54, 1.807) is 72.8 Å². The van der Waals surface area contributed by atoms with E-state index in [-0.39, 0.29) is 36.8 Å². The number of carbonyl (C=O) groups is 4. The molecule has 0 spiro atoms. The minimum atomic E-state index is -0.351. The maximum Gasteiger partial charge on any atom is 0.255 e. The van der Waals surface area contributed by atoms with Crippen LogP contribution < -0.4 is 21.3 Å². The second kappa shape index (κ2) is 18.9. The second-order valence-corrected chi connectivity index (χ2v) is 10.4. The molecule has 44 heavy (non-hydrogen) atoms. The van der Waals surface area contributed by atoms with Crippen molar-refractivity contribution in [3.8, 4) is 0 Å². The predicted molar refractivity (Wildman–Crippen MR) is 171 cm³/mol. The fourth-order valence-electron chi connectivity index (χ4n) is 4.38. The molecule has 10 heteroatoms. The minimum Gasteiger partial charge on any atom is -0.396 e. The smallest absolute Gasteiger partial charge is 0.255 e. The molecule has 0 radical (unpaired) electrons. The number of aliphatic hydroxyl groups excluding tert-OH is 2. The zero-order chi connectivity index (χ0) is 31.6. The molecule has 234 valence electrons. The van der Waals surface area contributed by atoms with Gasteiger partial charge in [0.15, 0.2) is 0 Å². The van der Waals surface area contributed by atoms with Crippen LogP contribution in [-0.4, -0.2) is 60.1 Å². The summed E-state index contributed by atoms with van der Waals surface area (Å²) in [6.07, 6.45) is 7.00. The number of hydrogen-bond acceptors (Lipinski definition) is 6. The summed E-state index contributed by atoms with van der Waals surface area (Å²) in [6, 6.07) is 19.4. The van der Waals surface area contributed by atoms with Crippen LogP contribution in [0.5, 0.6) is 0 Å². The summed E-state index contributed by atoms with van der Waals surface area (Å²) < 4.78 is 0. The van der Waals surface area contributed by atoms with Crippen LogP contribution in [0.2, 0.25) is 0 Å². The number of unbranched alkanes of at least 4 members (excludes halogenated alkanes) is 6. The van der Waals surface area contributed by atoms with Gasteiger partial charge in [0.2, 0.25) is 0 Å². The molecule has 0 atom stereocenters. The molecule has 0 unspecified atom stereocenters. The maximum absolute atomic E-state index is 12.7. The molecule has 0 heterocycles. The number of rotatable bonds is 18. The van der Waals surface area contributed by atoms with Crippen molar-refractivity contribution in [2.24, 2.45) is 0 Å². The van der Waals surface area contributed by atoms with Gasteiger partial charge in [-0.2, -0.15) is 0 Å². The van der Waals surface area contributed by atoms with E-state index in [1.807, 2.05) is 0 Å². The Hall–Kier alpha value is -4.54. The lowest BCUT2D eigenvalue weighted by Crippen LogP contribution is -2.24. The number of hydrogen-bond donors (Lipinski definition) is 6. The van der Waals surface area contributed by atoms with Gasteiger partial charge in [-0.15, -0.1) is 0 Å². The van der Waals surface area contributed by atoms with E-state index >= 15 is 0 Å². The monoisotopic (exact) mass is 602 g/mol. The standard InChI is InChI=1S/C34H42N4O6/c39-23-7-3-1-5-21-35-31(41)25-13-17-29(18-14-25)37-33(43)27-9-11-28(12-10-27)34(44)38-30-19-15-26(16-20-30)32(42)36-22-6-2-4-8-24-40/h9-20,39-40H,1-8,21-24H2,(H,35,41)(H,36,42)(H,37,43)(H,38,44). The third-order valence-electron chi connectivity index (χ3n) is 6.96. The Bertz CT molecular complexity index is 1240. The summed E-state index contributed by atoms with van der Waals surface area (Å²) >= 11 is 0. The van der Waals surface area contributed by atoms with Crippen LogP contribution in [0.25, 0.3) is 0 Å². The van der Waals surface area contributed by atoms with Crippen LogP contribution in [0.1, 0.15) is 92.8 Å². The van der Waals surface area contributed by atoms with Crippen molar-refractivity contribution in [1.29, 1.82) is 0 Å². The highest BCUT2D eigenvalue weighted by atomic mass is 16.3. The Morgan fingerprint density at radius 1 is 0.409 bits per heavy atom. The Kier molecular flexibility index (Phi) is 14.6. The molecule has 6 N–H and O–H groups in total. The zero-order valence-electron chi connectivity index (χ0n) is 24.9. The summed E-state index contributed by atoms with van der Waals surface area (Å²) in [5.74, 6) is -1.07. The topological polar surface area (TPSA) is 157 Å². The highest BCUT2D eigenvalue weighted by Crippen LogP contribution is 2.15. The molecule has 0 aliphatic rings. The molecular weight excluding hydrogens is 560 g/mol. The Morgan fingerprint density at radius 2 is 0.705 bits per heavy atom. The van der Waals surface area contributed by atoms with Crippen molar-refractivity contribution in [1.82, 2.24) is 10.6 Å². The summed E-state index contributed by atoms with van der Waals surface area (Å²) in [6.45, 7) is 1.51.